The Morgan fingerprint density at radius 2 is 1.79 bits per heavy atom. The third-order valence-corrected chi connectivity index (χ3v) is 5.71. The Bertz CT molecular complexity index is 1110. The number of nitrogens with zero attached hydrogens (tertiary/aromatic N) is 3. The van der Waals surface area contributed by atoms with E-state index >= 15 is 0 Å². The number of aromatic amines is 1. The molecule has 9 nitrogen and oxygen atoms in total. The molecular formula is C24H27N5O4. The first-order chi connectivity index (χ1) is 16.0. The molecule has 0 radical (unpaired) electrons. The number of methoxy groups -OCH3 is 2. The SMILES string of the molecule is COc1cc(CC(=O)N2C[C@@H](NC(C)=O)[C@H](c3nc(-c4ccccc4)n[nH]3)C2)cc(OC)c1. The summed E-state index contributed by atoms with van der Waals surface area (Å²) in [6, 6.07) is 14.8. The number of H-pyrrole nitrogens is 1. The minimum Gasteiger partial charge on any atom is -0.497 e. The number of benzene rings is 2. The summed E-state index contributed by atoms with van der Waals surface area (Å²) in [6.45, 7) is 2.29. The maximum Gasteiger partial charge on any atom is 0.227 e. The fourth-order valence-electron chi connectivity index (χ4n) is 4.10. The van der Waals surface area contributed by atoms with Gasteiger partial charge in [-0.15, -0.1) is 0 Å². The average molecular weight is 450 g/mol. The van der Waals surface area contributed by atoms with Gasteiger partial charge in [0.15, 0.2) is 5.82 Å². The smallest absolute Gasteiger partial charge is 0.227 e. The van der Waals surface area contributed by atoms with Crippen molar-refractivity contribution in [2.24, 2.45) is 0 Å². The molecule has 2 atom stereocenters. The summed E-state index contributed by atoms with van der Waals surface area (Å²) >= 11 is 0. The van der Waals surface area contributed by atoms with Gasteiger partial charge in [-0.1, -0.05) is 30.3 Å². The second-order valence-corrected chi connectivity index (χ2v) is 8.02. The molecule has 4 rings (SSSR count). The first-order valence-electron chi connectivity index (χ1n) is 10.7. The second kappa shape index (κ2) is 9.72. The zero-order valence-corrected chi connectivity index (χ0v) is 18.9. The van der Waals surface area contributed by atoms with E-state index in [4.69, 9.17) is 9.47 Å². The van der Waals surface area contributed by atoms with E-state index in [9.17, 15) is 9.59 Å². The molecule has 1 aromatic heterocycles. The van der Waals surface area contributed by atoms with Gasteiger partial charge in [0.25, 0.3) is 0 Å². The number of carbonyl (C=O) groups is 2. The lowest BCUT2D eigenvalue weighted by atomic mass is 10.0. The van der Waals surface area contributed by atoms with E-state index in [2.05, 4.69) is 20.5 Å². The number of rotatable bonds is 7. The molecule has 1 aliphatic rings. The van der Waals surface area contributed by atoms with Crippen LogP contribution in [0.25, 0.3) is 11.4 Å². The Morgan fingerprint density at radius 3 is 2.42 bits per heavy atom. The van der Waals surface area contributed by atoms with Gasteiger partial charge < -0.3 is 19.7 Å². The summed E-state index contributed by atoms with van der Waals surface area (Å²) in [6.07, 6.45) is 0.193. The van der Waals surface area contributed by atoms with Crippen LogP contribution in [-0.4, -0.2) is 65.2 Å². The van der Waals surface area contributed by atoms with Crippen LogP contribution in [0.3, 0.4) is 0 Å². The fourth-order valence-corrected chi connectivity index (χ4v) is 4.10. The molecule has 33 heavy (non-hydrogen) atoms. The molecule has 0 saturated carbocycles. The predicted octanol–water partition coefficient (Wildman–Crippen LogP) is 2.16. The molecule has 2 amide bonds. The van der Waals surface area contributed by atoms with Gasteiger partial charge in [0.05, 0.1) is 32.6 Å². The Morgan fingerprint density at radius 1 is 1.09 bits per heavy atom. The lowest BCUT2D eigenvalue weighted by Crippen LogP contribution is -2.39. The van der Waals surface area contributed by atoms with Gasteiger partial charge in [-0.25, -0.2) is 4.98 Å². The van der Waals surface area contributed by atoms with E-state index in [-0.39, 0.29) is 30.2 Å². The average Bonchev–Trinajstić information content (AvgIpc) is 3.46. The normalized spacial score (nSPS) is 17.6. The lowest BCUT2D eigenvalue weighted by Gasteiger charge is -2.17. The summed E-state index contributed by atoms with van der Waals surface area (Å²) in [5.41, 5.74) is 1.69. The van der Waals surface area contributed by atoms with E-state index < -0.39 is 0 Å². The summed E-state index contributed by atoms with van der Waals surface area (Å²) in [7, 11) is 3.15. The van der Waals surface area contributed by atoms with E-state index in [1.54, 1.807) is 25.2 Å². The van der Waals surface area contributed by atoms with Crippen LogP contribution in [0.15, 0.2) is 48.5 Å². The first-order valence-corrected chi connectivity index (χ1v) is 10.7. The van der Waals surface area contributed by atoms with Gasteiger partial charge in [-0.2, -0.15) is 5.10 Å². The monoisotopic (exact) mass is 449 g/mol. The fraction of sp³-hybridized carbons (Fsp3) is 0.333. The quantitative estimate of drug-likeness (QED) is 0.572. The third kappa shape index (κ3) is 5.14. The summed E-state index contributed by atoms with van der Waals surface area (Å²) in [5.74, 6) is 2.09. The highest BCUT2D eigenvalue weighted by Crippen LogP contribution is 2.28. The van der Waals surface area contributed by atoms with Crippen molar-refractivity contribution in [2.45, 2.75) is 25.3 Å². The van der Waals surface area contributed by atoms with Crippen molar-refractivity contribution in [2.75, 3.05) is 27.3 Å². The molecular weight excluding hydrogens is 422 g/mol. The molecule has 0 spiro atoms. The third-order valence-electron chi connectivity index (χ3n) is 5.71. The van der Waals surface area contributed by atoms with Crippen LogP contribution >= 0.6 is 0 Å². The molecule has 1 aliphatic heterocycles. The Hall–Kier alpha value is -3.88. The number of hydrogen-bond donors (Lipinski definition) is 2. The Labute approximate surface area is 192 Å². The molecule has 2 N–H and O–H groups in total. The largest absolute Gasteiger partial charge is 0.497 e. The van der Waals surface area contributed by atoms with Gasteiger partial charge in [0, 0.05) is 31.6 Å². The van der Waals surface area contributed by atoms with Crippen LogP contribution in [0, 0.1) is 0 Å². The molecule has 2 heterocycles. The van der Waals surface area contributed by atoms with Crippen LogP contribution in [0.1, 0.15) is 24.2 Å². The number of hydrogen-bond acceptors (Lipinski definition) is 6. The van der Waals surface area contributed by atoms with Crippen LogP contribution in [-0.2, 0) is 16.0 Å². The topological polar surface area (TPSA) is 109 Å². The molecule has 172 valence electrons. The predicted molar refractivity (Wildman–Crippen MR) is 122 cm³/mol. The minimum atomic E-state index is -0.261. The van der Waals surface area contributed by atoms with Crippen LogP contribution in [0.4, 0.5) is 0 Å². The summed E-state index contributed by atoms with van der Waals surface area (Å²) in [5, 5.41) is 10.3. The first kappa shape index (κ1) is 22.3. The molecule has 1 saturated heterocycles. The van der Waals surface area contributed by atoms with E-state index in [0.717, 1.165) is 11.1 Å². The maximum atomic E-state index is 13.1. The van der Waals surface area contributed by atoms with Gasteiger partial charge in [0.2, 0.25) is 11.8 Å². The molecule has 9 heteroatoms. The highest BCUT2D eigenvalue weighted by atomic mass is 16.5. The van der Waals surface area contributed by atoms with Crippen LogP contribution in [0.2, 0.25) is 0 Å². The number of likely N-dealkylation sites (tertiary alicyclic amines) is 1. The molecule has 0 aliphatic carbocycles. The Kier molecular flexibility index (Phi) is 6.58. The van der Waals surface area contributed by atoms with Crippen molar-refractivity contribution in [3.8, 4) is 22.9 Å². The highest BCUT2D eigenvalue weighted by molar-refractivity contribution is 5.80. The lowest BCUT2D eigenvalue weighted by molar-refractivity contribution is -0.129. The van der Waals surface area contributed by atoms with Crippen LogP contribution in [0.5, 0.6) is 11.5 Å². The summed E-state index contributed by atoms with van der Waals surface area (Å²) in [4.78, 5) is 31.4. The number of amides is 2. The maximum absolute atomic E-state index is 13.1. The zero-order chi connectivity index (χ0) is 23.4. The van der Waals surface area contributed by atoms with Gasteiger partial charge in [-0.3, -0.25) is 14.7 Å². The van der Waals surface area contributed by atoms with Crippen molar-refractivity contribution in [1.29, 1.82) is 0 Å². The van der Waals surface area contributed by atoms with Crippen molar-refractivity contribution >= 4 is 11.8 Å². The Balaban J connectivity index is 1.52. The number of nitrogens with one attached hydrogen (secondary N) is 2. The standard InChI is InChI=1S/C24H27N5O4/c1-15(30)25-21-14-29(22(31)11-16-9-18(32-2)12-19(10-16)33-3)13-20(21)24-26-23(27-28-24)17-7-5-4-6-8-17/h4-10,12,20-21H,11,13-14H2,1-3H3,(H,25,30)(H,26,27,28)/t20-,21-/m1/s1. The molecule has 0 unspecified atom stereocenters. The molecule has 2 aromatic carbocycles. The van der Waals surface area contributed by atoms with E-state index in [1.807, 2.05) is 42.5 Å². The van der Waals surface area contributed by atoms with Crippen molar-refractivity contribution < 1.29 is 19.1 Å². The molecule has 1 fully saturated rings. The number of ether oxygens (including phenoxy) is 2. The van der Waals surface area contributed by atoms with Gasteiger partial charge >= 0.3 is 0 Å². The van der Waals surface area contributed by atoms with Crippen LogP contribution < -0.4 is 14.8 Å². The highest BCUT2D eigenvalue weighted by Gasteiger charge is 2.38. The number of aromatic nitrogens is 3. The minimum absolute atomic E-state index is 0.0500. The zero-order valence-electron chi connectivity index (χ0n) is 18.9. The molecule has 0 bridgehead atoms. The second-order valence-electron chi connectivity index (χ2n) is 8.02. The number of carbonyl (C=O) groups excluding carboxylic acids is 2. The van der Waals surface area contributed by atoms with Crippen molar-refractivity contribution in [3.63, 3.8) is 0 Å². The van der Waals surface area contributed by atoms with Crippen molar-refractivity contribution in [1.82, 2.24) is 25.4 Å². The molecule has 3 aromatic rings. The summed E-state index contributed by atoms with van der Waals surface area (Å²) < 4.78 is 10.6. The van der Waals surface area contributed by atoms with Gasteiger partial charge in [-0.05, 0) is 17.7 Å². The van der Waals surface area contributed by atoms with Crippen molar-refractivity contribution in [3.05, 3.63) is 59.9 Å². The van der Waals surface area contributed by atoms with E-state index in [1.165, 1.54) is 6.92 Å². The van der Waals surface area contributed by atoms with E-state index in [0.29, 0.717) is 36.2 Å². The van der Waals surface area contributed by atoms with Gasteiger partial charge in [0.1, 0.15) is 17.3 Å².